The molecule has 27 heavy (non-hydrogen) atoms. The number of hydrogen-bond acceptors (Lipinski definition) is 5. The quantitative estimate of drug-likeness (QED) is 0.595. The van der Waals surface area contributed by atoms with Gasteiger partial charge in [0, 0.05) is 23.6 Å². The molecule has 0 aliphatic carbocycles. The van der Waals surface area contributed by atoms with Crippen LogP contribution in [0.3, 0.4) is 0 Å². The second-order valence-electron chi connectivity index (χ2n) is 5.99. The zero-order chi connectivity index (χ0) is 19.0. The minimum absolute atomic E-state index is 0.332. The minimum atomic E-state index is -4.36. The Labute approximate surface area is 158 Å². The third-order valence-corrected chi connectivity index (χ3v) is 5.28. The molecule has 0 saturated carbocycles. The van der Waals surface area contributed by atoms with Gasteiger partial charge in [0.2, 0.25) is 5.88 Å². The number of ether oxygens (including phenoxy) is 1. The number of para-hydroxylation sites is 1. The molecule has 1 aliphatic heterocycles. The monoisotopic (exact) mass is 389 g/mol. The second-order valence-corrected chi connectivity index (χ2v) is 6.98. The van der Waals surface area contributed by atoms with E-state index in [1.807, 2.05) is 25.2 Å². The summed E-state index contributed by atoms with van der Waals surface area (Å²) in [5, 5.41) is 0. The van der Waals surface area contributed by atoms with Crippen molar-refractivity contribution in [1.82, 2.24) is 9.97 Å². The van der Waals surface area contributed by atoms with Crippen LogP contribution in [-0.2, 0) is 6.18 Å². The molecule has 1 aliphatic rings. The van der Waals surface area contributed by atoms with Gasteiger partial charge in [-0.15, -0.1) is 11.8 Å². The van der Waals surface area contributed by atoms with Crippen LogP contribution in [-0.4, -0.2) is 22.9 Å². The van der Waals surface area contributed by atoms with E-state index in [1.54, 1.807) is 17.8 Å². The van der Waals surface area contributed by atoms with Crippen molar-refractivity contribution in [2.24, 2.45) is 0 Å². The smallest absolute Gasteiger partial charge is 0.416 e. The SMILES string of the molecule is CN1CSc2cccc(Oc3cc(-c4ccc(C(F)(F)F)cc4)ncn3)c21. The fraction of sp³-hybridized carbons (Fsp3) is 0.158. The first-order chi connectivity index (χ1) is 12.9. The maximum absolute atomic E-state index is 12.7. The Bertz CT molecular complexity index is 977. The van der Waals surface area contributed by atoms with Gasteiger partial charge in [0.25, 0.3) is 0 Å². The molecule has 0 spiro atoms. The molecule has 3 aromatic rings. The maximum atomic E-state index is 12.7. The first-order valence-corrected chi connectivity index (χ1v) is 9.05. The Morgan fingerprint density at radius 2 is 1.85 bits per heavy atom. The number of benzene rings is 2. The van der Waals surface area contributed by atoms with E-state index in [0.29, 0.717) is 22.9 Å². The first-order valence-electron chi connectivity index (χ1n) is 8.06. The normalized spacial score (nSPS) is 13.6. The number of rotatable bonds is 3. The molecule has 0 saturated heterocycles. The minimum Gasteiger partial charge on any atom is -0.437 e. The number of thioether (sulfide) groups is 1. The highest BCUT2D eigenvalue weighted by Crippen LogP contribution is 2.45. The van der Waals surface area contributed by atoms with E-state index in [4.69, 9.17) is 4.74 Å². The van der Waals surface area contributed by atoms with Crippen LogP contribution in [0.4, 0.5) is 18.9 Å². The summed E-state index contributed by atoms with van der Waals surface area (Å²) in [7, 11) is 1.99. The van der Waals surface area contributed by atoms with E-state index in [-0.39, 0.29) is 0 Å². The highest BCUT2D eigenvalue weighted by molar-refractivity contribution is 7.99. The van der Waals surface area contributed by atoms with Crippen LogP contribution >= 0.6 is 11.8 Å². The van der Waals surface area contributed by atoms with Gasteiger partial charge in [-0.25, -0.2) is 9.97 Å². The van der Waals surface area contributed by atoms with Crippen LogP contribution in [0, 0.1) is 0 Å². The second kappa shape index (κ2) is 6.77. The van der Waals surface area contributed by atoms with Gasteiger partial charge in [-0.05, 0) is 24.3 Å². The van der Waals surface area contributed by atoms with Crippen LogP contribution in [0.5, 0.6) is 11.6 Å². The van der Waals surface area contributed by atoms with E-state index >= 15 is 0 Å². The number of halogens is 3. The Balaban J connectivity index is 1.62. The number of nitrogens with zero attached hydrogens (tertiary/aromatic N) is 3. The molecule has 0 radical (unpaired) electrons. The Morgan fingerprint density at radius 3 is 2.59 bits per heavy atom. The Morgan fingerprint density at radius 1 is 1.07 bits per heavy atom. The number of alkyl halides is 3. The van der Waals surface area contributed by atoms with Gasteiger partial charge in [-0.3, -0.25) is 0 Å². The molecule has 0 amide bonds. The Hall–Kier alpha value is -2.74. The zero-order valence-electron chi connectivity index (χ0n) is 14.2. The third kappa shape index (κ3) is 3.57. The maximum Gasteiger partial charge on any atom is 0.416 e. The topological polar surface area (TPSA) is 38.2 Å². The summed E-state index contributed by atoms with van der Waals surface area (Å²) in [6, 6.07) is 12.3. The lowest BCUT2D eigenvalue weighted by Gasteiger charge is -2.15. The Kier molecular flexibility index (Phi) is 4.43. The molecule has 2 aromatic carbocycles. The highest BCUT2D eigenvalue weighted by Gasteiger charge is 2.30. The number of aromatic nitrogens is 2. The van der Waals surface area contributed by atoms with Crippen LogP contribution in [0.15, 0.2) is 59.8 Å². The summed E-state index contributed by atoms with van der Waals surface area (Å²) >= 11 is 1.73. The summed E-state index contributed by atoms with van der Waals surface area (Å²) in [5.74, 6) is 1.85. The van der Waals surface area contributed by atoms with Crippen molar-refractivity contribution >= 4 is 17.4 Å². The van der Waals surface area contributed by atoms with Crippen molar-refractivity contribution in [3.8, 4) is 22.9 Å². The van der Waals surface area contributed by atoms with E-state index in [0.717, 1.165) is 28.6 Å². The predicted molar refractivity (Wildman–Crippen MR) is 98.1 cm³/mol. The fourth-order valence-electron chi connectivity index (χ4n) is 2.80. The van der Waals surface area contributed by atoms with Gasteiger partial charge in [0.1, 0.15) is 6.33 Å². The molecular formula is C19H14F3N3OS. The molecule has 0 fully saturated rings. The van der Waals surface area contributed by atoms with E-state index in [2.05, 4.69) is 14.9 Å². The lowest BCUT2D eigenvalue weighted by Crippen LogP contribution is -2.11. The molecule has 0 bridgehead atoms. The molecular weight excluding hydrogens is 375 g/mol. The highest BCUT2D eigenvalue weighted by atomic mass is 32.2. The zero-order valence-corrected chi connectivity index (χ0v) is 15.0. The van der Waals surface area contributed by atoms with E-state index < -0.39 is 11.7 Å². The molecule has 0 atom stereocenters. The molecule has 2 heterocycles. The van der Waals surface area contributed by atoms with Crippen molar-refractivity contribution in [2.75, 3.05) is 17.8 Å². The lowest BCUT2D eigenvalue weighted by molar-refractivity contribution is -0.137. The molecule has 4 nitrogen and oxygen atoms in total. The molecule has 138 valence electrons. The number of hydrogen-bond donors (Lipinski definition) is 0. The van der Waals surface area contributed by atoms with Crippen LogP contribution in [0.25, 0.3) is 11.3 Å². The van der Waals surface area contributed by atoms with Crippen LogP contribution in [0.2, 0.25) is 0 Å². The van der Waals surface area contributed by atoms with Crippen molar-refractivity contribution in [1.29, 1.82) is 0 Å². The molecule has 0 N–H and O–H groups in total. The molecule has 8 heteroatoms. The van der Waals surface area contributed by atoms with Gasteiger partial charge < -0.3 is 9.64 Å². The average Bonchev–Trinajstić information content (AvgIpc) is 3.04. The summed E-state index contributed by atoms with van der Waals surface area (Å²) in [6.45, 7) is 0. The number of anilines is 1. The third-order valence-electron chi connectivity index (χ3n) is 4.12. The molecule has 0 unspecified atom stereocenters. The summed E-state index contributed by atoms with van der Waals surface area (Å²) in [4.78, 5) is 11.5. The van der Waals surface area contributed by atoms with Crippen molar-refractivity contribution in [3.63, 3.8) is 0 Å². The summed E-state index contributed by atoms with van der Waals surface area (Å²) < 4.78 is 44.1. The fourth-order valence-corrected chi connectivity index (χ4v) is 3.83. The molecule has 4 rings (SSSR count). The van der Waals surface area contributed by atoms with Gasteiger partial charge in [0.15, 0.2) is 5.75 Å². The van der Waals surface area contributed by atoms with E-state index in [9.17, 15) is 13.2 Å². The summed E-state index contributed by atoms with van der Waals surface area (Å²) in [5.41, 5.74) is 1.35. The average molecular weight is 389 g/mol. The van der Waals surface area contributed by atoms with Gasteiger partial charge in [0.05, 0.1) is 22.8 Å². The number of fused-ring (bicyclic) bond motifs is 1. The van der Waals surface area contributed by atoms with Gasteiger partial charge >= 0.3 is 6.18 Å². The van der Waals surface area contributed by atoms with Crippen molar-refractivity contribution in [2.45, 2.75) is 11.1 Å². The summed E-state index contributed by atoms with van der Waals surface area (Å²) in [6.07, 6.45) is -3.03. The van der Waals surface area contributed by atoms with Gasteiger partial charge in [-0.1, -0.05) is 18.2 Å². The standard InChI is InChI=1S/C19H14F3N3OS/c1-25-11-27-16-4-2-3-15(18(16)25)26-17-9-14(23-10-24-17)12-5-7-13(8-6-12)19(20,21)22/h2-10H,11H2,1H3. The van der Waals surface area contributed by atoms with Gasteiger partial charge in [-0.2, -0.15) is 13.2 Å². The predicted octanol–water partition coefficient (Wildman–Crippen LogP) is 5.45. The van der Waals surface area contributed by atoms with Crippen molar-refractivity contribution < 1.29 is 17.9 Å². The molecule has 1 aromatic heterocycles. The van der Waals surface area contributed by atoms with Crippen molar-refractivity contribution in [3.05, 3.63) is 60.4 Å². The largest absolute Gasteiger partial charge is 0.437 e. The van der Waals surface area contributed by atoms with Crippen LogP contribution in [0.1, 0.15) is 5.56 Å². The first kappa shape index (κ1) is 17.7. The lowest BCUT2D eigenvalue weighted by atomic mass is 10.1. The van der Waals surface area contributed by atoms with E-state index in [1.165, 1.54) is 18.5 Å². The van der Waals surface area contributed by atoms with Crippen LogP contribution < -0.4 is 9.64 Å².